The Kier molecular flexibility index (Phi) is 4.10. The van der Waals surface area contributed by atoms with E-state index in [4.69, 9.17) is 0 Å². The number of ketones is 1. The third-order valence-corrected chi connectivity index (χ3v) is 3.56. The van der Waals surface area contributed by atoms with E-state index in [1.807, 2.05) is 18.7 Å². The van der Waals surface area contributed by atoms with E-state index in [-0.39, 0.29) is 5.78 Å². The van der Waals surface area contributed by atoms with Crippen LogP contribution in [-0.2, 0) is 17.6 Å². The maximum Gasteiger partial charge on any atom is 0.169 e. The molecule has 0 radical (unpaired) electrons. The number of anilines is 1. The maximum atomic E-state index is 11.3. The lowest BCUT2D eigenvalue weighted by Crippen LogP contribution is -2.35. The number of rotatable bonds is 3. The highest BCUT2D eigenvalue weighted by Gasteiger charge is 2.23. The minimum atomic E-state index is 0.281. The fraction of sp³-hybridized carbons (Fsp3) is 0.571. The molecule has 19 heavy (non-hydrogen) atoms. The monoisotopic (exact) mass is 258 g/mol. The van der Waals surface area contributed by atoms with Gasteiger partial charge < -0.3 is 4.90 Å². The number of Topliss-reactive ketones (excluding diaryl/α,β-unsaturated/α-hetero) is 1. The summed E-state index contributed by atoms with van der Waals surface area (Å²) >= 11 is 0. The molecule has 0 atom stereocenters. The second-order valence-corrected chi connectivity index (χ2v) is 4.67. The fourth-order valence-electron chi connectivity index (χ4n) is 2.47. The molecule has 1 aromatic heterocycles. The number of nitrogens with zero attached hydrogens (tertiary/aromatic N) is 4. The van der Waals surface area contributed by atoms with Crippen molar-refractivity contribution >= 4 is 11.6 Å². The molecule has 1 saturated heterocycles. The van der Waals surface area contributed by atoms with Gasteiger partial charge in [0.25, 0.3) is 0 Å². The van der Waals surface area contributed by atoms with E-state index in [0.29, 0.717) is 37.3 Å². The summed E-state index contributed by atoms with van der Waals surface area (Å²) in [6.07, 6.45) is 2.62. The number of aryl methyl sites for hydroxylation is 1. The van der Waals surface area contributed by atoms with Gasteiger partial charge in [0.15, 0.2) is 5.82 Å². The van der Waals surface area contributed by atoms with Crippen molar-refractivity contribution in [3.8, 4) is 6.07 Å². The summed E-state index contributed by atoms with van der Waals surface area (Å²) in [7, 11) is 0. The van der Waals surface area contributed by atoms with E-state index >= 15 is 0 Å². The van der Waals surface area contributed by atoms with Crippen molar-refractivity contribution in [2.24, 2.45) is 0 Å². The summed E-state index contributed by atoms with van der Waals surface area (Å²) in [6.45, 7) is 5.32. The van der Waals surface area contributed by atoms with E-state index in [1.165, 1.54) is 0 Å². The zero-order valence-electron chi connectivity index (χ0n) is 11.4. The van der Waals surface area contributed by atoms with Crippen molar-refractivity contribution in [2.45, 2.75) is 39.5 Å². The number of piperidine rings is 1. The normalized spacial score (nSPS) is 15.4. The van der Waals surface area contributed by atoms with Crippen LogP contribution in [0.25, 0.3) is 0 Å². The van der Waals surface area contributed by atoms with Gasteiger partial charge in [-0.15, -0.1) is 5.10 Å². The Hall–Kier alpha value is -1.96. The Labute approximate surface area is 113 Å². The highest BCUT2D eigenvalue weighted by molar-refractivity contribution is 5.81. The number of carbonyl (C=O) groups excluding carboxylic acids is 1. The first-order chi connectivity index (χ1) is 9.21. The first-order valence-corrected chi connectivity index (χ1v) is 6.76. The van der Waals surface area contributed by atoms with Gasteiger partial charge in [-0.25, -0.2) is 0 Å². The Morgan fingerprint density at radius 1 is 1.21 bits per heavy atom. The smallest absolute Gasteiger partial charge is 0.169 e. The van der Waals surface area contributed by atoms with E-state index in [1.54, 1.807) is 0 Å². The Morgan fingerprint density at radius 2 is 1.89 bits per heavy atom. The molecule has 5 heteroatoms. The third kappa shape index (κ3) is 2.58. The molecule has 0 spiro atoms. The summed E-state index contributed by atoms with van der Waals surface area (Å²) in [6, 6.07) is 2.27. The first kappa shape index (κ1) is 13.5. The summed E-state index contributed by atoms with van der Waals surface area (Å²) in [5.74, 6) is 0.924. The summed E-state index contributed by atoms with van der Waals surface area (Å²) in [5.41, 5.74) is 2.52. The summed E-state index contributed by atoms with van der Waals surface area (Å²) < 4.78 is 0. The molecule has 0 aliphatic carbocycles. The van der Waals surface area contributed by atoms with Crippen LogP contribution in [0.5, 0.6) is 0 Å². The van der Waals surface area contributed by atoms with Crippen LogP contribution in [0.1, 0.15) is 43.5 Å². The largest absolute Gasteiger partial charge is 0.353 e. The van der Waals surface area contributed by atoms with Gasteiger partial charge in [-0.3, -0.25) is 4.79 Å². The van der Waals surface area contributed by atoms with E-state index < -0.39 is 0 Å². The Morgan fingerprint density at radius 3 is 2.42 bits per heavy atom. The van der Waals surface area contributed by atoms with Gasteiger partial charge in [0.05, 0.1) is 5.69 Å². The molecule has 100 valence electrons. The van der Waals surface area contributed by atoms with Gasteiger partial charge in [-0.05, 0) is 18.4 Å². The van der Waals surface area contributed by atoms with Crippen molar-refractivity contribution < 1.29 is 4.79 Å². The predicted octanol–water partition coefficient (Wildman–Crippen LogP) is 1.64. The molecule has 1 aliphatic heterocycles. The predicted molar refractivity (Wildman–Crippen MR) is 72.0 cm³/mol. The lowest BCUT2D eigenvalue weighted by molar-refractivity contribution is -0.119. The lowest BCUT2D eigenvalue weighted by Gasteiger charge is -2.28. The highest BCUT2D eigenvalue weighted by Crippen LogP contribution is 2.25. The lowest BCUT2D eigenvalue weighted by atomic mass is 10.0. The molecular weight excluding hydrogens is 240 g/mol. The minimum absolute atomic E-state index is 0.281. The summed E-state index contributed by atoms with van der Waals surface area (Å²) in [4.78, 5) is 13.3. The quantitative estimate of drug-likeness (QED) is 0.824. The molecule has 2 heterocycles. The topological polar surface area (TPSA) is 69.9 Å². The molecule has 0 saturated carbocycles. The molecule has 1 aromatic rings. The minimum Gasteiger partial charge on any atom is -0.353 e. The van der Waals surface area contributed by atoms with Gasteiger partial charge in [0, 0.05) is 25.9 Å². The number of aromatic nitrogens is 2. The van der Waals surface area contributed by atoms with Crippen molar-refractivity contribution in [3.63, 3.8) is 0 Å². The van der Waals surface area contributed by atoms with Crippen LogP contribution in [-0.4, -0.2) is 29.1 Å². The SMILES string of the molecule is CCc1nnc(N2CCC(=O)CC2)c(C#N)c1CC. The Bertz CT molecular complexity index is 523. The third-order valence-electron chi connectivity index (χ3n) is 3.56. The second-order valence-electron chi connectivity index (χ2n) is 4.67. The number of hydrogen-bond donors (Lipinski definition) is 0. The number of nitriles is 1. The van der Waals surface area contributed by atoms with Crippen LogP contribution in [0.2, 0.25) is 0 Å². The van der Waals surface area contributed by atoms with Crippen LogP contribution in [0, 0.1) is 11.3 Å². The fourth-order valence-corrected chi connectivity index (χ4v) is 2.47. The van der Waals surface area contributed by atoms with Gasteiger partial charge in [0.1, 0.15) is 17.4 Å². The molecule has 0 unspecified atom stereocenters. The van der Waals surface area contributed by atoms with Crippen LogP contribution in [0.15, 0.2) is 0 Å². The van der Waals surface area contributed by atoms with E-state index in [0.717, 1.165) is 24.1 Å². The zero-order valence-corrected chi connectivity index (χ0v) is 11.4. The Balaban J connectivity index is 2.41. The van der Waals surface area contributed by atoms with Crippen molar-refractivity contribution in [1.29, 1.82) is 5.26 Å². The van der Waals surface area contributed by atoms with Crippen molar-refractivity contribution in [1.82, 2.24) is 10.2 Å². The molecule has 1 aliphatic rings. The molecular formula is C14H18N4O. The van der Waals surface area contributed by atoms with Gasteiger partial charge >= 0.3 is 0 Å². The van der Waals surface area contributed by atoms with Gasteiger partial charge in [-0.2, -0.15) is 10.4 Å². The average molecular weight is 258 g/mol. The molecule has 2 rings (SSSR count). The number of hydrogen-bond acceptors (Lipinski definition) is 5. The van der Waals surface area contributed by atoms with Crippen LogP contribution < -0.4 is 4.90 Å². The van der Waals surface area contributed by atoms with Crippen molar-refractivity contribution in [3.05, 3.63) is 16.8 Å². The zero-order chi connectivity index (χ0) is 13.8. The van der Waals surface area contributed by atoms with Gasteiger partial charge in [0.2, 0.25) is 0 Å². The van der Waals surface area contributed by atoms with Gasteiger partial charge in [-0.1, -0.05) is 13.8 Å². The van der Waals surface area contributed by atoms with Crippen molar-refractivity contribution in [2.75, 3.05) is 18.0 Å². The summed E-state index contributed by atoms with van der Waals surface area (Å²) in [5, 5.41) is 17.9. The molecule has 0 aromatic carbocycles. The molecule has 5 nitrogen and oxygen atoms in total. The maximum absolute atomic E-state index is 11.3. The second kappa shape index (κ2) is 5.79. The van der Waals surface area contributed by atoms with Crippen LogP contribution >= 0.6 is 0 Å². The molecule has 1 fully saturated rings. The molecule has 0 N–H and O–H groups in total. The van der Waals surface area contributed by atoms with E-state index in [9.17, 15) is 10.1 Å². The standard InChI is InChI=1S/C14H18N4O/c1-3-11-12(9-15)14(17-16-13(11)4-2)18-7-5-10(19)6-8-18/h3-8H2,1-2H3. The first-order valence-electron chi connectivity index (χ1n) is 6.76. The van der Waals surface area contributed by atoms with E-state index in [2.05, 4.69) is 16.3 Å². The van der Waals surface area contributed by atoms with Crippen LogP contribution in [0.3, 0.4) is 0 Å². The average Bonchev–Trinajstić information content (AvgIpc) is 2.46. The molecule has 0 amide bonds. The highest BCUT2D eigenvalue weighted by atomic mass is 16.1. The molecule has 0 bridgehead atoms. The van der Waals surface area contributed by atoms with Crippen LogP contribution in [0.4, 0.5) is 5.82 Å². The number of carbonyl (C=O) groups is 1.